The zero-order chi connectivity index (χ0) is 21.4. The Labute approximate surface area is 185 Å². The van der Waals surface area contributed by atoms with E-state index in [0.29, 0.717) is 10.6 Å². The fourth-order valence-electron chi connectivity index (χ4n) is 4.16. The predicted octanol–water partition coefficient (Wildman–Crippen LogP) is 4.29. The lowest BCUT2D eigenvalue weighted by molar-refractivity contribution is -0.124. The van der Waals surface area contributed by atoms with Gasteiger partial charge in [-0.3, -0.25) is 9.59 Å². The fourth-order valence-corrected chi connectivity index (χ4v) is 5.56. The molecule has 0 radical (unpaired) electrons. The lowest BCUT2D eigenvalue weighted by Crippen LogP contribution is -2.42. The number of benzene rings is 2. The topological polar surface area (TPSA) is 70.2 Å². The van der Waals surface area contributed by atoms with Gasteiger partial charge in [-0.1, -0.05) is 53.7 Å². The number of likely N-dealkylation sites (N-methyl/N-ethyl adjacent to an activating group) is 1. The maximum absolute atomic E-state index is 13.2. The minimum absolute atomic E-state index is 0.172. The average Bonchev–Trinajstić information content (AvgIpc) is 2.77. The van der Waals surface area contributed by atoms with Gasteiger partial charge in [0, 0.05) is 46.1 Å². The van der Waals surface area contributed by atoms with Crippen LogP contribution in [0.3, 0.4) is 0 Å². The number of allylic oxidation sites excluding steroid dienone is 1. The van der Waals surface area contributed by atoms with Crippen LogP contribution >= 0.6 is 23.4 Å². The summed E-state index contributed by atoms with van der Waals surface area (Å²) in [4.78, 5) is 28.2. The number of carbonyl (C=O) groups is 2. The number of hydrogen-bond acceptors (Lipinski definition) is 4. The van der Waals surface area contributed by atoms with E-state index in [1.807, 2.05) is 49.4 Å². The van der Waals surface area contributed by atoms with Gasteiger partial charge in [0.05, 0.1) is 11.6 Å². The van der Waals surface area contributed by atoms with Crippen molar-refractivity contribution < 1.29 is 9.59 Å². The molecular weight excluding hydrogens is 418 g/mol. The second kappa shape index (κ2) is 8.20. The molecule has 2 aromatic carbocycles. The highest BCUT2D eigenvalue weighted by atomic mass is 35.5. The van der Waals surface area contributed by atoms with Gasteiger partial charge < -0.3 is 16.0 Å². The van der Waals surface area contributed by atoms with Gasteiger partial charge in [0.2, 0.25) is 11.8 Å². The number of rotatable bonds is 3. The van der Waals surface area contributed by atoms with Crippen molar-refractivity contribution in [1.82, 2.24) is 10.6 Å². The van der Waals surface area contributed by atoms with Gasteiger partial charge in [-0.2, -0.15) is 0 Å². The largest absolute Gasteiger partial charge is 0.359 e. The normalized spacial score (nSPS) is 20.1. The van der Waals surface area contributed by atoms with Crippen LogP contribution in [0.5, 0.6) is 0 Å². The Kier molecular flexibility index (Phi) is 5.62. The lowest BCUT2D eigenvalue weighted by Gasteiger charge is -2.39. The van der Waals surface area contributed by atoms with E-state index in [2.05, 4.69) is 16.0 Å². The second-order valence-corrected chi connectivity index (χ2v) is 8.63. The Bertz CT molecular complexity index is 1110. The quantitative estimate of drug-likeness (QED) is 0.667. The molecule has 3 N–H and O–H groups in total. The summed E-state index contributed by atoms with van der Waals surface area (Å²) in [5, 5.41) is 9.54. The molecule has 4 rings (SSSR count). The molecule has 7 heteroatoms. The number of amides is 2. The first-order valence-corrected chi connectivity index (χ1v) is 10.8. The van der Waals surface area contributed by atoms with E-state index in [-0.39, 0.29) is 11.8 Å². The first-order valence-electron chi connectivity index (χ1n) is 9.65. The van der Waals surface area contributed by atoms with Crippen LogP contribution in [0.1, 0.15) is 18.4 Å². The third-order valence-corrected chi connectivity index (χ3v) is 7.20. The minimum atomic E-state index is -0.623. The Hall–Kier alpha value is -2.70. The number of para-hydroxylation sites is 1. The van der Waals surface area contributed by atoms with Gasteiger partial charge in [0.25, 0.3) is 0 Å². The molecule has 154 valence electrons. The van der Waals surface area contributed by atoms with E-state index in [4.69, 9.17) is 11.6 Å². The lowest BCUT2D eigenvalue weighted by atomic mass is 9.72. The number of anilines is 1. The third-order valence-electron chi connectivity index (χ3n) is 5.55. The molecule has 1 aliphatic carbocycles. The van der Waals surface area contributed by atoms with Crippen molar-refractivity contribution in [2.45, 2.75) is 17.7 Å². The molecule has 5 nitrogen and oxygen atoms in total. The van der Waals surface area contributed by atoms with Crippen LogP contribution in [-0.4, -0.2) is 25.9 Å². The summed E-state index contributed by atoms with van der Waals surface area (Å²) in [5.41, 5.74) is 3.91. The van der Waals surface area contributed by atoms with E-state index in [0.717, 1.165) is 32.3 Å². The van der Waals surface area contributed by atoms with Crippen molar-refractivity contribution in [3.05, 3.63) is 80.9 Å². The van der Waals surface area contributed by atoms with Crippen LogP contribution in [0.15, 0.2) is 75.2 Å². The number of thioether (sulfide) groups is 1. The van der Waals surface area contributed by atoms with Crippen LogP contribution in [0, 0.1) is 5.92 Å². The molecule has 2 amide bonds. The Balaban J connectivity index is 1.99. The van der Waals surface area contributed by atoms with Gasteiger partial charge in [-0.25, -0.2) is 0 Å². The first-order chi connectivity index (χ1) is 14.5. The van der Waals surface area contributed by atoms with Crippen LogP contribution in [0.2, 0.25) is 5.02 Å². The number of carbonyl (C=O) groups excluding carboxylic acids is 2. The van der Waals surface area contributed by atoms with E-state index < -0.39 is 11.8 Å². The second-order valence-electron chi connectivity index (χ2n) is 7.17. The van der Waals surface area contributed by atoms with Crippen molar-refractivity contribution in [1.29, 1.82) is 0 Å². The first kappa shape index (κ1) is 20.6. The summed E-state index contributed by atoms with van der Waals surface area (Å²) in [7, 11) is 3.22. The molecule has 0 bridgehead atoms. The Morgan fingerprint density at radius 3 is 2.43 bits per heavy atom. The van der Waals surface area contributed by atoms with Crippen molar-refractivity contribution >= 4 is 40.9 Å². The van der Waals surface area contributed by atoms with Crippen molar-refractivity contribution in [3.63, 3.8) is 0 Å². The molecule has 0 spiro atoms. The van der Waals surface area contributed by atoms with Gasteiger partial charge in [0.15, 0.2) is 0 Å². The summed E-state index contributed by atoms with van der Waals surface area (Å²) in [6.45, 7) is 1.94. The highest BCUT2D eigenvalue weighted by Gasteiger charge is 2.45. The van der Waals surface area contributed by atoms with E-state index in [1.165, 1.54) is 0 Å². The van der Waals surface area contributed by atoms with E-state index >= 15 is 0 Å². The molecule has 30 heavy (non-hydrogen) atoms. The number of nitrogens with one attached hydrogen (secondary N) is 3. The van der Waals surface area contributed by atoms with Crippen LogP contribution < -0.4 is 16.0 Å². The molecule has 1 heterocycles. The Morgan fingerprint density at radius 1 is 1.03 bits per heavy atom. The summed E-state index contributed by atoms with van der Waals surface area (Å²) in [5.74, 6) is -1.52. The summed E-state index contributed by atoms with van der Waals surface area (Å²) in [6, 6.07) is 15.3. The van der Waals surface area contributed by atoms with Crippen molar-refractivity contribution in [3.8, 4) is 0 Å². The molecule has 2 aromatic rings. The van der Waals surface area contributed by atoms with Gasteiger partial charge in [0.1, 0.15) is 0 Å². The number of halogens is 1. The molecule has 1 aliphatic heterocycles. The molecule has 0 fully saturated rings. The maximum atomic E-state index is 13.2. The zero-order valence-corrected chi connectivity index (χ0v) is 18.4. The smallest absolute Gasteiger partial charge is 0.247 e. The predicted molar refractivity (Wildman–Crippen MR) is 121 cm³/mol. The van der Waals surface area contributed by atoms with Crippen LogP contribution in [0.4, 0.5) is 5.69 Å². The third kappa shape index (κ3) is 3.30. The van der Waals surface area contributed by atoms with Crippen LogP contribution in [-0.2, 0) is 9.59 Å². The zero-order valence-electron chi connectivity index (χ0n) is 16.9. The van der Waals surface area contributed by atoms with Gasteiger partial charge >= 0.3 is 0 Å². The monoisotopic (exact) mass is 439 g/mol. The SMILES string of the molecule is CNC(=O)C1=C(C)C2=C(Nc3ccccc3S2)C(C(=O)NC)C1c1ccccc1Cl. The molecule has 0 saturated heterocycles. The number of hydrogen-bond donors (Lipinski definition) is 3. The highest BCUT2D eigenvalue weighted by molar-refractivity contribution is 8.03. The summed E-state index contributed by atoms with van der Waals surface area (Å²) < 4.78 is 0. The summed E-state index contributed by atoms with van der Waals surface area (Å²) in [6.07, 6.45) is 0. The summed E-state index contributed by atoms with van der Waals surface area (Å²) >= 11 is 8.14. The fraction of sp³-hybridized carbons (Fsp3) is 0.217. The molecule has 0 aromatic heterocycles. The minimum Gasteiger partial charge on any atom is -0.359 e. The molecular formula is C23H22ClN3O2S. The Morgan fingerprint density at radius 2 is 1.73 bits per heavy atom. The average molecular weight is 440 g/mol. The molecule has 2 aliphatic rings. The van der Waals surface area contributed by atoms with Crippen LogP contribution in [0.25, 0.3) is 0 Å². The molecule has 2 unspecified atom stereocenters. The molecule has 2 atom stereocenters. The number of fused-ring (bicyclic) bond motifs is 1. The van der Waals surface area contributed by atoms with Crippen molar-refractivity contribution in [2.75, 3.05) is 19.4 Å². The van der Waals surface area contributed by atoms with E-state index in [1.54, 1.807) is 31.9 Å². The van der Waals surface area contributed by atoms with Gasteiger partial charge in [-0.15, -0.1) is 0 Å². The van der Waals surface area contributed by atoms with Crippen molar-refractivity contribution in [2.24, 2.45) is 5.92 Å². The highest BCUT2D eigenvalue weighted by Crippen LogP contribution is 2.53. The maximum Gasteiger partial charge on any atom is 0.247 e. The van der Waals surface area contributed by atoms with Gasteiger partial charge in [-0.05, 0) is 36.3 Å². The molecule has 0 saturated carbocycles. The van der Waals surface area contributed by atoms with E-state index in [9.17, 15) is 9.59 Å². The standard InChI is InChI=1S/C23H22ClN3O2S/c1-12-17(22(28)25-2)18(13-8-4-5-9-14(13)24)19(23(29)26-3)20-21(12)30-16-11-7-6-10-15(16)27-20/h4-11,18-19,27H,1-3H3,(H,25,28)(H,26,29).